The smallest absolute Gasteiger partial charge is 0.270 e. The lowest BCUT2D eigenvalue weighted by atomic mass is 9.84. The van der Waals surface area contributed by atoms with E-state index in [0.29, 0.717) is 24.1 Å². The van der Waals surface area contributed by atoms with Crippen LogP contribution in [-0.2, 0) is 0 Å². The van der Waals surface area contributed by atoms with Crippen molar-refractivity contribution in [3.8, 4) is 0 Å². The van der Waals surface area contributed by atoms with Crippen molar-refractivity contribution in [2.45, 2.75) is 51.5 Å². The first-order chi connectivity index (χ1) is 9.11. The van der Waals surface area contributed by atoms with Crippen LogP contribution in [0.15, 0.2) is 5.38 Å². The van der Waals surface area contributed by atoms with E-state index >= 15 is 0 Å². The molecule has 0 aliphatic heterocycles. The maximum Gasteiger partial charge on any atom is 0.270 e. The Balaban J connectivity index is 0.00000200. The molecule has 4 nitrogen and oxygen atoms in total. The molecule has 1 aliphatic rings. The lowest BCUT2D eigenvalue weighted by Gasteiger charge is -2.31. The average Bonchev–Trinajstić information content (AvgIpc) is 2.89. The van der Waals surface area contributed by atoms with Crippen molar-refractivity contribution >= 4 is 42.1 Å². The van der Waals surface area contributed by atoms with E-state index in [1.807, 2.05) is 5.38 Å². The van der Waals surface area contributed by atoms with Crippen molar-refractivity contribution in [3.63, 3.8) is 0 Å². The van der Waals surface area contributed by atoms with Crippen molar-refractivity contribution in [3.05, 3.63) is 16.1 Å². The minimum Gasteiger partial charge on any atom is -0.348 e. The molecule has 2 unspecified atom stereocenters. The van der Waals surface area contributed by atoms with Gasteiger partial charge in [0.05, 0.1) is 5.01 Å². The highest BCUT2D eigenvalue weighted by Gasteiger charge is 2.26. The number of carbonyl (C=O) groups is 1. The molecule has 1 amide bonds. The fraction of sp³-hybridized carbons (Fsp3) is 0.714. The number of hydrogen-bond acceptors (Lipinski definition) is 4. The number of carbonyl (C=O) groups excluding carboxylic acids is 1. The highest BCUT2D eigenvalue weighted by molar-refractivity contribution is 7.09. The fourth-order valence-corrected chi connectivity index (χ4v) is 3.39. The zero-order valence-corrected chi connectivity index (χ0v) is 15.0. The monoisotopic (exact) mass is 353 g/mol. The number of nitrogens with one attached hydrogen (secondary N) is 1. The lowest BCUT2D eigenvalue weighted by molar-refractivity contribution is 0.0903. The molecule has 0 bridgehead atoms. The van der Waals surface area contributed by atoms with Gasteiger partial charge >= 0.3 is 0 Å². The van der Waals surface area contributed by atoms with Crippen LogP contribution in [0.4, 0.5) is 0 Å². The van der Waals surface area contributed by atoms with Gasteiger partial charge in [-0.2, -0.15) is 0 Å². The standard InChI is InChI=1S/C14H23N3OS.2ClH/c1-9(2)14-17-12(8-19-14)13(18)16-11-6-4-3-5-10(11)7-15;;/h8-11H,3-7,15H2,1-2H3,(H,16,18);2*1H. The Bertz CT molecular complexity index is 440. The van der Waals surface area contributed by atoms with Gasteiger partial charge in [-0.05, 0) is 25.3 Å². The third-order valence-electron chi connectivity index (χ3n) is 3.78. The molecule has 2 rings (SSSR count). The molecule has 0 spiro atoms. The topological polar surface area (TPSA) is 68.0 Å². The largest absolute Gasteiger partial charge is 0.348 e. The maximum atomic E-state index is 12.2. The second-order valence-corrected chi connectivity index (χ2v) is 6.48. The van der Waals surface area contributed by atoms with Crippen LogP contribution in [0.1, 0.15) is 60.9 Å². The summed E-state index contributed by atoms with van der Waals surface area (Å²) < 4.78 is 0. The Hall–Kier alpha value is -0.360. The van der Waals surface area contributed by atoms with Crippen LogP contribution in [0, 0.1) is 5.92 Å². The van der Waals surface area contributed by atoms with E-state index in [1.165, 1.54) is 12.8 Å². The van der Waals surface area contributed by atoms with E-state index in [4.69, 9.17) is 5.73 Å². The number of nitrogens with zero attached hydrogens (tertiary/aromatic N) is 1. The van der Waals surface area contributed by atoms with Gasteiger partial charge in [0.1, 0.15) is 5.69 Å². The van der Waals surface area contributed by atoms with Crippen LogP contribution in [-0.4, -0.2) is 23.5 Å². The summed E-state index contributed by atoms with van der Waals surface area (Å²) in [5.41, 5.74) is 6.34. The van der Waals surface area contributed by atoms with Crippen LogP contribution < -0.4 is 11.1 Å². The molecule has 21 heavy (non-hydrogen) atoms. The number of aromatic nitrogens is 1. The molecule has 7 heteroatoms. The van der Waals surface area contributed by atoms with Crippen LogP contribution in [0.25, 0.3) is 0 Å². The van der Waals surface area contributed by atoms with Crippen LogP contribution in [0.3, 0.4) is 0 Å². The molecule has 1 fully saturated rings. The minimum atomic E-state index is -0.0477. The Morgan fingerprint density at radius 2 is 2.10 bits per heavy atom. The van der Waals surface area contributed by atoms with E-state index < -0.39 is 0 Å². The molecule has 1 saturated carbocycles. The zero-order valence-electron chi connectivity index (χ0n) is 12.5. The summed E-state index contributed by atoms with van der Waals surface area (Å²) in [5, 5.41) is 5.98. The first-order valence-corrected chi connectivity index (χ1v) is 7.96. The molecule has 1 aromatic rings. The first-order valence-electron chi connectivity index (χ1n) is 7.08. The second kappa shape index (κ2) is 9.62. The normalized spacial score (nSPS) is 21.3. The predicted molar refractivity (Wildman–Crippen MR) is 93.0 cm³/mol. The minimum absolute atomic E-state index is 0. The maximum absolute atomic E-state index is 12.2. The van der Waals surface area contributed by atoms with E-state index in [1.54, 1.807) is 11.3 Å². The summed E-state index contributed by atoms with van der Waals surface area (Å²) in [7, 11) is 0. The molecule has 0 saturated heterocycles. The van der Waals surface area contributed by atoms with Gasteiger partial charge in [0, 0.05) is 17.3 Å². The molecule has 1 aliphatic carbocycles. The number of thiazole rings is 1. The number of hydrogen-bond donors (Lipinski definition) is 2. The summed E-state index contributed by atoms with van der Waals surface area (Å²) in [6.07, 6.45) is 4.56. The molecular formula is C14H25Cl2N3OS. The van der Waals surface area contributed by atoms with Crippen molar-refractivity contribution in [2.24, 2.45) is 11.7 Å². The van der Waals surface area contributed by atoms with Crippen LogP contribution >= 0.6 is 36.2 Å². The van der Waals surface area contributed by atoms with E-state index in [2.05, 4.69) is 24.1 Å². The fourth-order valence-electron chi connectivity index (χ4n) is 2.58. The Morgan fingerprint density at radius 3 is 2.67 bits per heavy atom. The van der Waals surface area contributed by atoms with Gasteiger partial charge in [0.15, 0.2) is 0 Å². The van der Waals surface area contributed by atoms with Crippen molar-refractivity contribution < 1.29 is 4.79 Å². The van der Waals surface area contributed by atoms with Crippen molar-refractivity contribution in [1.82, 2.24) is 10.3 Å². The summed E-state index contributed by atoms with van der Waals surface area (Å²) in [4.78, 5) is 16.6. The summed E-state index contributed by atoms with van der Waals surface area (Å²) in [6.45, 7) is 4.83. The summed E-state index contributed by atoms with van der Waals surface area (Å²) in [6, 6.07) is 0.218. The molecule has 1 aromatic heterocycles. The third kappa shape index (κ3) is 5.40. The highest BCUT2D eigenvalue weighted by Crippen LogP contribution is 2.24. The predicted octanol–water partition coefficient (Wildman–Crippen LogP) is 3.36. The molecule has 1 heterocycles. The lowest BCUT2D eigenvalue weighted by Crippen LogP contribution is -2.44. The SMILES string of the molecule is CC(C)c1nc(C(=O)NC2CCCCC2CN)cs1.Cl.Cl. The summed E-state index contributed by atoms with van der Waals surface area (Å²) >= 11 is 1.56. The molecule has 2 atom stereocenters. The second-order valence-electron chi connectivity index (χ2n) is 5.59. The van der Waals surface area contributed by atoms with Gasteiger partial charge in [-0.15, -0.1) is 36.2 Å². The van der Waals surface area contributed by atoms with Gasteiger partial charge < -0.3 is 11.1 Å². The summed E-state index contributed by atoms with van der Waals surface area (Å²) in [5.74, 6) is 0.743. The van der Waals surface area contributed by atoms with E-state index in [-0.39, 0.29) is 36.8 Å². The number of rotatable bonds is 4. The highest BCUT2D eigenvalue weighted by atomic mass is 35.5. The molecule has 122 valence electrons. The first kappa shape index (κ1) is 20.6. The van der Waals surface area contributed by atoms with Gasteiger partial charge in [0.25, 0.3) is 5.91 Å². The van der Waals surface area contributed by atoms with Crippen LogP contribution in [0.5, 0.6) is 0 Å². The number of amides is 1. The average molecular weight is 354 g/mol. The number of nitrogens with two attached hydrogens (primary N) is 1. The van der Waals surface area contributed by atoms with Crippen molar-refractivity contribution in [2.75, 3.05) is 6.54 Å². The zero-order chi connectivity index (χ0) is 13.8. The number of halogens is 2. The quantitative estimate of drug-likeness (QED) is 0.871. The molecule has 3 N–H and O–H groups in total. The van der Waals surface area contributed by atoms with E-state index in [9.17, 15) is 4.79 Å². The Morgan fingerprint density at radius 1 is 1.43 bits per heavy atom. The van der Waals surface area contributed by atoms with Gasteiger partial charge in [-0.3, -0.25) is 4.79 Å². The van der Waals surface area contributed by atoms with Crippen LogP contribution in [0.2, 0.25) is 0 Å². The van der Waals surface area contributed by atoms with Gasteiger partial charge in [-0.1, -0.05) is 26.7 Å². The Kier molecular flexibility index (Phi) is 9.45. The van der Waals surface area contributed by atoms with Crippen molar-refractivity contribution in [1.29, 1.82) is 0 Å². The van der Waals surface area contributed by atoms with Gasteiger partial charge in [0.2, 0.25) is 0 Å². The molecular weight excluding hydrogens is 329 g/mol. The molecule has 0 aromatic carbocycles. The van der Waals surface area contributed by atoms with E-state index in [0.717, 1.165) is 17.8 Å². The molecule has 0 radical (unpaired) electrons. The third-order valence-corrected chi connectivity index (χ3v) is 4.92. The Labute approximate surface area is 143 Å². The van der Waals surface area contributed by atoms with Gasteiger partial charge in [-0.25, -0.2) is 4.98 Å².